The van der Waals surface area contributed by atoms with Crippen LogP contribution in [-0.4, -0.2) is 45.1 Å². The Morgan fingerprint density at radius 2 is 1.96 bits per heavy atom. The van der Waals surface area contributed by atoms with Crippen LogP contribution in [0.25, 0.3) is 10.9 Å². The van der Waals surface area contributed by atoms with E-state index in [9.17, 15) is 8.42 Å². The Balaban J connectivity index is 1.76. The van der Waals surface area contributed by atoms with E-state index >= 15 is 0 Å². The first-order valence-electron chi connectivity index (χ1n) is 9.42. The minimum absolute atomic E-state index is 0.174. The van der Waals surface area contributed by atoms with Crippen LogP contribution < -0.4 is 19.5 Å². The highest BCUT2D eigenvalue weighted by Gasteiger charge is 2.33. The lowest BCUT2D eigenvalue weighted by Gasteiger charge is -2.41. The number of nitrogens with zero attached hydrogens (tertiary/aromatic N) is 3. The van der Waals surface area contributed by atoms with Crippen LogP contribution in [0.4, 0.5) is 5.82 Å². The number of aryl methyl sites for hydroxylation is 1. The maximum Gasteiger partial charge on any atom is 0.274 e. The fourth-order valence-electron chi connectivity index (χ4n) is 3.95. The molecule has 1 aromatic carbocycles. The summed E-state index contributed by atoms with van der Waals surface area (Å²) in [6.07, 6.45) is 3.51. The first kappa shape index (κ1) is 20.8. The molecule has 0 spiro atoms. The summed E-state index contributed by atoms with van der Waals surface area (Å²) < 4.78 is 30.4. The Morgan fingerprint density at radius 1 is 1.29 bits per heavy atom. The van der Waals surface area contributed by atoms with E-state index in [-0.39, 0.29) is 5.41 Å². The summed E-state index contributed by atoms with van der Waals surface area (Å²) in [5.74, 6) is 2.14. The van der Waals surface area contributed by atoms with Gasteiger partial charge in [-0.2, -0.15) is 8.42 Å². The van der Waals surface area contributed by atoms with E-state index in [0.717, 1.165) is 54.0 Å². The molecular weight excluding hydrogens is 378 g/mol. The zero-order valence-corrected chi connectivity index (χ0v) is 17.7. The van der Waals surface area contributed by atoms with Crippen LogP contribution in [-0.2, 0) is 10.2 Å². The third kappa shape index (κ3) is 4.53. The van der Waals surface area contributed by atoms with Gasteiger partial charge >= 0.3 is 0 Å². The number of nitrogens with one attached hydrogen (secondary N) is 1. The first-order chi connectivity index (χ1) is 13.1. The molecule has 0 amide bonds. The number of nitrogens with two attached hydrogens (primary N) is 1. The normalized spacial score (nSPS) is 16.5. The molecule has 0 bridgehead atoms. The van der Waals surface area contributed by atoms with Crippen molar-refractivity contribution in [3.63, 3.8) is 0 Å². The maximum atomic E-state index is 11.2. The van der Waals surface area contributed by atoms with E-state index < -0.39 is 10.2 Å². The summed E-state index contributed by atoms with van der Waals surface area (Å²) >= 11 is 0. The van der Waals surface area contributed by atoms with Crippen molar-refractivity contribution < 1.29 is 13.2 Å². The number of ether oxygens (including phenoxy) is 1. The van der Waals surface area contributed by atoms with Crippen LogP contribution in [0.5, 0.6) is 5.75 Å². The van der Waals surface area contributed by atoms with Crippen LogP contribution in [0.2, 0.25) is 0 Å². The van der Waals surface area contributed by atoms with Gasteiger partial charge in [-0.25, -0.2) is 19.8 Å². The Hall–Kier alpha value is -1.97. The quantitative estimate of drug-likeness (QED) is 0.758. The number of methoxy groups -OCH3 is 1. The SMILES string of the molecule is COc1cc2c(N3CCC(C(C)(C)CNS(N)(=O)=O)CC3)ncnc2cc1C. The lowest BCUT2D eigenvalue weighted by atomic mass is 9.74. The Kier molecular flexibility index (Phi) is 5.79. The number of anilines is 1. The summed E-state index contributed by atoms with van der Waals surface area (Å²) in [5, 5.41) is 6.07. The number of fused-ring (bicyclic) bond motifs is 1. The molecule has 9 heteroatoms. The van der Waals surface area contributed by atoms with Crippen molar-refractivity contribution in [2.75, 3.05) is 31.6 Å². The van der Waals surface area contributed by atoms with E-state index in [4.69, 9.17) is 9.88 Å². The predicted molar refractivity (Wildman–Crippen MR) is 111 cm³/mol. The molecule has 28 heavy (non-hydrogen) atoms. The van der Waals surface area contributed by atoms with Gasteiger partial charge < -0.3 is 9.64 Å². The number of rotatable bonds is 6. The molecule has 3 rings (SSSR count). The molecule has 154 valence electrons. The molecule has 0 unspecified atom stereocenters. The van der Waals surface area contributed by atoms with Gasteiger partial charge in [-0.3, -0.25) is 0 Å². The molecule has 2 heterocycles. The number of hydrogen-bond acceptors (Lipinski definition) is 6. The van der Waals surface area contributed by atoms with Crippen molar-refractivity contribution in [3.05, 3.63) is 24.0 Å². The van der Waals surface area contributed by atoms with Gasteiger partial charge in [0, 0.05) is 25.0 Å². The zero-order valence-electron chi connectivity index (χ0n) is 16.9. The maximum absolute atomic E-state index is 11.2. The minimum atomic E-state index is -3.67. The second-order valence-electron chi connectivity index (χ2n) is 8.15. The first-order valence-corrected chi connectivity index (χ1v) is 11.0. The van der Waals surface area contributed by atoms with Crippen molar-refractivity contribution in [2.24, 2.45) is 16.5 Å². The van der Waals surface area contributed by atoms with Crippen molar-refractivity contribution in [3.8, 4) is 5.75 Å². The average molecular weight is 408 g/mol. The highest BCUT2D eigenvalue weighted by molar-refractivity contribution is 7.87. The van der Waals surface area contributed by atoms with E-state index in [2.05, 4.69) is 33.4 Å². The lowest BCUT2D eigenvalue weighted by Crippen LogP contribution is -2.45. The topological polar surface area (TPSA) is 110 Å². The fourth-order valence-corrected chi connectivity index (χ4v) is 4.52. The number of benzene rings is 1. The van der Waals surface area contributed by atoms with Crippen LogP contribution in [0.15, 0.2) is 18.5 Å². The standard InChI is InChI=1S/C19H29N5O3S/c1-13-9-16-15(10-17(13)27-4)18(22-12-21-16)24-7-5-14(6-8-24)19(2,3)11-23-28(20,25)26/h9-10,12,14,23H,5-8,11H2,1-4H3,(H2,20,25,26). The third-order valence-electron chi connectivity index (χ3n) is 5.76. The van der Waals surface area contributed by atoms with Crippen LogP contribution in [0.3, 0.4) is 0 Å². The van der Waals surface area contributed by atoms with Gasteiger partial charge in [0.25, 0.3) is 10.2 Å². The number of aromatic nitrogens is 2. The second kappa shape index (κ2) is 7.81. The van der Waals surface area contributed by atoms with E-state index in [1.165, 1.54) is 0 Å². The molecule has 0 atom stereocenters. The van der Waals surface area contributed by atoms with Gasteiger partial charge in [-0.1, -0.05) is 13.8 Å². The highest BCUT2D eigenvalue weighted by atomic mass is 32.2. The molecule has 1 aromatic heterocycles. The second-order valence-corrected chi connectivity index (χ2v) is 9.53. The molecule has 0 saturated carbocycles. The summed E-state index contributed by atoms with van der Waals surface area (Å²) in [5.41, 5.74) is 1.78. The summed E-state index contributed by atoms with van der Waals surface area (Å²) in [4.78, 5) is 11.2. The molecular formula is C19H29N5O3S. The van der Waals surface area contributed by atoms with E-state index in [0.29, 0.717) is 12.5 Å². The van der Waals surface area contributed by atoms with Crippen molar-refractivity contribution in [1.29, 1.82) is 0 Å². The fraction of sp³-hybridized carbons (Fsp3) is 0.579. The van der Waals surface area contributed by atoms with Gasteiger partial charge in [0.15, 0.2) is 0 Å². The van der Waals surface area contributed by atoms with Crippen LogP contribution >= 0.6 is 0 Å². The molecule has 3 N–H and O–H groups in total. The molecule has 1 saturated heterocycles. The Morgan fingerprint density at radius 3 is 2.57 bits per heavy atom. The molecule has 1 aliphatic heterocycles. The largest absolute Gasteiger partial charge is 0.496 e. The molecule has 0 radical (unpaired) electrons. The average Bonchev–Trinajstić information content (AvgIpc) is 2.65. The predicted octanol–water partition coefficient (Wildman–Crippen LogP) is 1.98. The van der Waals surface area contributed by atoms with E-state index in [1.807, 2.05) is 19.1 Å². The van der Waals surface area contributed by atoms with Crippen molar-refractivity contribution in [2.45, 2.75) is 33.6 Å². The summed E-state index contributed by atoms with van der Waals surface area (Å²) in [7, 11) is -2.01. The van der Waals surface area contributed by atoms with Gasteiger partial charge in [-0.15, -0.1) is 0 Å². The number of hydrogen-bond donors (Lipinski definition) is 2. The zero-order chi connectivity index (χ0) is 20.5. The molecule has 1 fully saturated rings. The highest BCUT2D eigenvalue weighted by Crippen LogP contribution is 2.37. The number of piperidine rings is 1. The van der Waals surface area contributed by atoms with Gasteiger partial charge in [0.2, 0.25) is 0 Å². The Bertz CT molecular complexity index is 953. The van der Waals surface area contributed by atoms with Gasteiger partial charge in [0.05, 0.1) is 12.6 Å². The molecule has 8 nitrogen and oxygen atoms in total. The summed E-state index contributed by atoms with van der Waals surface area (Å²) in [6.45, 7) is 8.21. The molecule has 1 aliphatic rings. The monoisotopic (exact) mass is 407 g/mol. The third-order valence-corrected chi connectivity index (χ3v) is 6.31. The molecule has 2 aromatic rings. The Labute approximate surface area is 166 Å². The minimum Gasteiger partial charge on any atom is -0.496 e. The van der Waals surface area contributed by atoms with Crippen molar-refractivity contribution in [1.82, 2.24) is 14.7 Å². The van der Waals surface area contributed by atoms with Gasteiger partial charge in [-0.05, 0) is 48.8 Å². The summed E-state index contributed by atoms with van der Waals surface area (Å²) in [6, 6.07) is 4.03. The van der Waals surface area contributed by atoms with Crippen LogP contribution in [0.1, 0.15) is 32.3 Å². The van der Waals surface area contributed by atoms with Gasteiger partial charge in [0.1, 0.15) is 17.9 Å². The van der Waals surface area contributed by atoms with Crippen molar-refractivity contribution >= 4 is 26.9 Å². The molecule has 0 aliphatic carbocycles. The smallest absolute Gasteiger partial charge is 0.274 e. The van der Waals surface area contributed by atoms with E-state index in [1.54, 1.807) is 13.4 Å². The lowest BCUT2D eigenvalue weighted by molar-refractivity contribution is 0.178. The van der Waals surface area contributed by atoms with Crippen LogP contribution in [0, 0.1) is 18.3 Å².